The van der Waals surface area contributed by atoms with Gasteiger partial charge in [-0.15, -0.1) is 6.58 Å². The van der Waals surface area contributed by atoms with Crippen LogP contribution in [0.15, 0.2) is 36.0 Å². The van der Waals surface area contributed by atoms with Crippen LogP contribution in [0.4, 0.5) is 0 Å². The lowest BCUT2D eigenvalue weighted by molar-refractivity contribution is -0.233. The molecule has 1 aliphatic rings. The van der Waals surface area contributed by atoms with E-state index in [1.807, 2.05) is 0 Å². The minimum atomic E-state index is -0.804. The molecule has 2 heterocycles. The molecule has 0 atom stereocenters. The minimum Gasteiger partial charge on any atom is -0.367 e. The third kappa shape index (κ3) is 3.19. The van der Waals surface area contributed by atoms with Gasteiger partial charge in [0, 0.05) is 12.7 Å². The molecule has 20 heavy (non-hydrogen) atoms. The zero-order valence-electron chi connectivity index (χ0n) is 10.7. The number of rotatable bonds is 4. The van der Waals surface area contributed by atoms with Crippen molar-refractivity contribution in [2.45, 2.75) is 6.42 Å². The van der Waals surface area contributed by atoms with Gasteiger partial charge in [0.2, 0.25) is 0 Å². The Balaban J connectivity index is 2.10. The third-order valence-electron chi connectivity index (χ3n) is 2.45. The molecule has 0 bridgehead atoms. The highest BCUT2D eigenvalue weighted by Crippen LogP contribution is 2.10. The first-order valence-corrected chi connectivity index (χ1v) is 5.98. The maximum atomic E-state index is 11.9. The summed E-state index contributed by atoms with van der Waals surface area (Å²) in [6.45, 7) is 4.69. The third-order valence-corrected chi connectivity index (χ3v) is 2.45. The van der Waals surface area contributed by atoms with E-state index >= 15 is 0 Å². The van der Waals surface area contributed by atoms with Gasteiger partial charge in [-0.2, -0.15) is 0 Å². The van der Waals surface area contributed by atoms with Crippen molar-refractivity contribution in [3.05, 3.63) is 42.2 Å². The molecule has 2 rings (SSSR count). The van der Waals surface area contributed by atoms with E-state index in [9.17, 15) is 9.59 Å². The fourth-order valence-corrected chi connectivity index (χ4v) is 1.60. The Morgan fingerprint density at radius 2 is 2.30 bits per heavy atom. The second-order valence-electron chi connectivity index (χ2n) is 3.88. The molecule has 0 radical (unpaired) electrons. The Bertz CT molecular complexity index is 568. The van der Waals surface area contributed by atoms with Crippen molar-refractivity contribution in [3.63, 3.8) is 0 Å². The minimum absolute atomic E-state index is 0.0402. The molecule has 1 aromatic heterocycles. The van der Waals surface area contributed by atoms with Gasteiger partial charge < -0.3 is 5.32 Å². The van der Waals surface area contributed by atoms with Crippen LogP contribution in [0.5, 0.6) is 0 Å². The first-order valence-electron chi connectivity index (χ1n) is 5.98. The van der Waals surface area contributed by atoms with Gasteiger partial charge in [-0.25, -0.2) is 19.4 Å². The van der Waals surface area contributed by atoms with Crippen LogP contribution in [-0.2, 0) is 14.6 Å². The summed E-state index contributed by atoms with van der Waals surface area (Å²) in [5.41, 5.74) is 0.543. The van der Waals surface area contributed by atoms with Gasteiger partial charge in [0.1, 0.15) is 11.5 Å². The lowest BCUT2D eigenvalue weighted by atomic mass is 10.2. The van der Waals surface area contributed by atoms with Crippen LogP contribution < -0.4 is 5.32 Å². The number of nitrogens with one attached hydrogen (secondary N) is 1. The van der Waals surface area contributed by atoms with Gasteiger partial charge in [-0.3, -0.25) is 9.98 Å². The molecule has 0 spiro atoms. The molecule has 1 aliphatic heterocycles. The molecule has 0 unspecified atom stereocenters. The zero-order chi connectivity index (χ0) is 14.4. The van der Waals surface area contributed by atoms with E-state index < -0.39 is 11.9 Å². The number of hydrogen-bond donors (Lipinski definition) is 1. The summed E-state index contributed by atoms with van der Waals surface area (Å²) in [6, 6.07) is 3.11. The number of pyridine rings is 1. The molecule has 0 fully saturated rings. The van der Waals surface area contributed by atoms with Crippen molar-refractivity contribution >= 4 is 17.8 Å². The van der Waals surface area contributed by atoms with Crippen molar-refractivity contribution in [1.29, 1.82) is 0 Å². The van der Waals surface area contributed by atoms with Crippen LogP contribution >= 0.6 is 0 Å². The van der Waals surface area contributed by atoms with E-state index in [0.717, 1.165) is 0 Å². The molecule has 0 saturated carbocycles. The fourth-order valence-electron chi connectivity index (χ4n) is 1.60. The molecule has 7 nitrogen and oxygen atoms in total. The smallest absolute Gasteiger partial charge is 0.367 e. The topological polar surface area (TPSA) is 89.9 Å². The van der Waals surface area contributed by atoms with E-state index in [4.69, 9.17) is 0 Å². The standard InChI is InChI=1S/C13H13N3O4/c1-2-4-10(17)19-20-13(18)9-5-3-6-14-11(9)12-15-7-8-16-12/h2-3,5-6H,1,4,7-8H2,(H,15,16). The molecule has 7 heteroatoms. The van der Waals surface area contributed by atoms with Crippen LogP contribution in [0.3, 0.4) is 0 Å². The lowest BCUT2D eigenvalue weighted by Gasteiger charge is -2.07. The fraction of sp³-hybridized carbons (Fsp3) is 0.231. The predicted molar refractivity (Wildman–Crippen MR) is 70.0 cm³/mol. The molecule has 0 amide bonds. The molecular formula is C13H13N3O4. The molecule has 1 aromatic rings. The average molecular weight is 275 g/mol. The van der Waals surface area contributed by atoms with Gasteiger partial charge in [-0.1, -0.05) is 6.08 Å². The van der Waals surface area contributed by atoms with Crippen LogP contribution in [0.2, 0.25) is 0 Å². The maximum Gasteiger partial charge on any atom is 0.388 e. The summed E-state index contributed by atoms with van der Waals surface area (Å²) >= 11 is 0. The van der Waals surface area contributed by atoms with Crippen LogP contribution in [-0.4, -0.2) is 35.8 Å². The second-order valence-corrected chi connectivity index (χ2v) is 3.88. The predicted octanol–water partition coefficient (Wildman–Crippen LogP) is 0.622. The normalized spacial score (nSPS) is 13.1. The van der Waals surface area contributed by atoms with Crippen LogP contribution in [0.1, 0.15) is 22.5 Å². The largest absolute Gasteiger partial charge is 0.388 e. The van der Waals surface area contributed by atoms with E-state index in [-0.39, 0.29) is 12.0 Å². The van der Waals surface area contributed by atoms with Crippen LogP contribution in [0, 0.1) is 0 Å². The van der Waals surface area contributed by atoms with E-state index in [1.54, 1.807) is 12.3 Å². The Kier molecular flexibility index (Phi) is 4.43. The van der Waals surface area contributed by atoms with Gasteiger partial charge in [0.05, 0.1) is 18.5 Å². The second kappa shape index (κ2) is 6.46. The number of nitrogens with zero attached hydrogens (tertiary/aromatic N) is 2. The zero-order valence-corrected chi connectivity index (χ0v) is 10.7. The summed E-state index contributed by atoms with van der Waals surface area (Å²) in [5, 5.41) is 3.01. The van der Waals surface area contributed by atoms with Gasteiger partial charge in [-0.05, 0) is 12.1 Å². The quantitative estimate of drug-likeness (QED) is 0.492. The van der Waals surface area contributed by atoms with E-state index in [0.29, 0.717) is 24.6 Å². The summed E-state index contributed by atoms with van der Waals surface area (Å²) in [5.74, 6) is -0.980. The molecular weight excluding hydrogens is 262 g/mol. The first-order chi connectivity index (χ1) is 9.72. The number of carbonyl (C=O) groups is 2. The highest BCUT2D eigenvalue weighted by atomic mass is 17.2. The van der Waals surface area contributed by atoms with Crippen LogP contribution in [0.25, 0.3) is 0 Å². The van der Waals surface area contributed by atoms with Crippen molar-refractivity contribution in [2.24, 2.45) is 4.99 Å². The number of hydrogen-bond acceptors (Lipinski definition) is 7. The molecule has 0 aromatic carbocycles. The summed E-state index contributed by atoms with van der Waals surface area (Å²) in [4.78, 5) is 40.1. The molecule has 0 saturated heterocycles. The highest BCUT2D eigenvalue weighted by molar-refractivity contribution is 6.06. The highest BCUT2D eigenvalue weighted by Gasteiger charge is 2.21. The number of aliphatic imine (C=N–C) groups is 1. The van der Waals surface area contributed by atoms with Crippen molar-refractivity contribution in [1.82, 2.24) is 10.3 Å². The average Bonchev–Trinajstić information content (AvgIpc) is 2.99. The Hall–Kier alpha value is -2.70. The molecule has 1 N–H and O–H groups in total. The van der Waals surface area contributed by atoms with E-state index in [2.05, 4.69) is 31.6 Å². The van der Waals surface area contributed by atoms with Gasteiger partial charge >= 0.3 is 11.9 Å². The summed E-state index contributed by atoms with van der Waals surface area (Å²) in [7, 11) is 0. The Morgan fingerprint density at radius 3 is 3.00 bits per heavy atom. The SMILES string of the molecule is C=CCC(=O)OOC(=O)c1cccnc1C1=NCCN1. The van der Waals surface area contributed by atoms with Crippen molar-refractivity contribution in [3.8, 4) is 0 Å². The molecule has 0 aliphatic carbocycles. The first kappa shape index (κ1) is 13.7. The number of aromatic nitrogens is 1. The summed E-state index contributed by atoms with van der Waals surface area (Å²) in [6.07, 6.45) is 2.85. The summed E-state index contributed by atoms with van der Waals surface area (Å²) < 4.78 is 0. The monoisotopic (exact) mass is 275 g/mol. The Labute approximate surface area is 115 Å². The van der Waals surface area contributed by atoms with E-state index in [1.165, 1.54) is 12.1 Å². The van der Waals surface area contributed by atoms with Gasteiger partial charge in [0.25, 0.3) is 0 Å². The number of amidine groups is 1. The van der Waals surface area contributed by atoms with Crippen molar-refractivity contribution < 1.29 is 19.4 Å². The van der Waals surface area contributed by atoms with Gasteiger partial charge in [0.15, 0.2) is 0 Å². The maximum absolute atomic E-state index is 11.9. The molecule has 104 valence electrons. The number of carbonyl (C=O) groups excluding carboxylic acids is 2. The van der Waals surface area contributed by atoms with Crippen molar-refractivity contribution in [2.75, 3.05) is 13.1 Å². The Morgan fingerprint density at radius 1 is 1.45 bits per heavy atom. The lowest BCUT2D eigenvalue weighted by Crippen LogP contribution is -2.24.